The Hall–Kier alpha value is -4.10. The van der Waals surface area contributed by atoms with Crippen molar-refractivity contribution < 1.29 is 18.3 Å². The first kappa shape index (κ1) is 28.7. The SMILES string of the molecule is C=C(F)C(=O)N1CCN(c2nc(OC[C@@H]3CCCN3C)nc3c(F)c(-c4cccc5c4C4(CC5)CC4)ccc23)C[C@@H]1CC#N. The number of piperazine rings is 1. The van der Waals surface area contributed by atoms with E-state index in [1.54, 1.807) is 0 Å². The molecule has 44 heavy (non-hydrogen) atoms. The molecule has 0 unspecified atom stereocenters. The Kier molecular flexibility index (Phi) is 7.24. The van der Waals surface area contributed by atoms with Crippen LogP contribution in [0.3, 0.4) is 0 Å². The van der Waals surface area contributed by atoms with Gasteiger partial charge in [-0.05, 0) is 80.3 Å². The lowest BCUT2D eigenvalue weighted by molar-refractivity contribution is -0.131. The first-order valence-electron chi connectivity index (χ1n) is 15.5. The Balaban J connectivity index is 1.30. The third-order valence-corrected chi connectivity index (χ3v) is 10.1. The van der Waals surface area contributed by atoms with Crippen molar-refractivity contribution in [3.63, 3.8) is 0 Å². The zero-order chi connectivity index (χ0) is 30.6. The molecule has 3 fully saturated rings. The highest BCUT2D eigenvalue weighted by Gasteiger charge is 2.50. The lowest BCUT2D eigenvalue weighted by atomic mass is 9.89. The smallest absolute Gasteiger partial charge is 0.319 e. The molecule has 4 aliphatic rings. The van der Waals surface area contributed by atoms with Gasteiger partial charge in [0.1, 0.15) is 17.9 Å². The van der Waals surface area contributed by atoms with Gasteiger partial charge in [0.05, 0.1) is 18.5 Å². The van der Waals surface area contributed by atoms with E-state index < -0.39 is 23.6 Å². The van der Waals surface area contributed by atoms with Gasteiger partial charge in [-0.15, -0.1) is 0 Å². The number of likely N-dealkylation sites (tertiary alicyclic amines) is 1. The average molecular weight is 599 g/mol. The van der Waals surface area contributed by atoms with Crippen LogP contribution >= 0.6 is 0 Å². The predicted molar refractivity (Wildman–Crippen MR) is 164 cm³/mol. The van der Waals surface area contributed by atoms with Crippen LogP contribution in [0.25, 0.3) is 22.0 Å². The number of carbonyl (C=O) groups excluding carboxylic acids is 1. The van der Waals surface area contributed by atoms with E-state index in [2.05, 4.69) is 35.6 Å². The first-order valence-corrected chi connectivity index (χ1v) is 15.5. The van der Waals surface area contributed by atoms with E-state index in [1.807, 2.05) is 29.2 Å². The van der Waals surface area contributed by atoms with E-state index in [0.717, 1.165) is 50.6 Å². The van der Waals surface area contributed by atoms with Crippen LogP contribution in [0.1, 0.15) is 49.7 Å². The Morgan fingerprint density at radius 1 is 1.14 bits per heavy atom. The van der Waals surface area contributed by atoms with Crippen LogP contribution in [0.15, 0.2) is 42.7 Å². The fourth-order valence-corrected chi connectivity index (χ4v) is 7.56. The average Bonchev–Trinajstić information content (AvgIpc) is 3.55. The molecule has 10 heteroatoms. The molecule has 0 N–H and O–H groups in total. The molecule has 0 radical (unpaired) electrons. The minimum atomic E-state index is -1.06. The highest BCUT2D eigenvalue weighted by Crippen LogP contribution is 2.59. The molecule has 2 saturated heterocycles. The van der Waals surface area contributed by atoms with Gasteiger partial charge in [0.15, 0.2) is 11.6 Å². The van der Waals surface area contributed by atoms with Crippen LogP contribution in [-0.2, 0) is 16.6 Å². The van der Waals surface area contributed by atoms with Crippen molar-refractivity contribution in [3.05, 3.63) is 59.7 Å². The zero-order valence-electron chi connectivity index (χ0n) is 25.0. The van der Waals surface area contributed by atoms with E-state index in [0.29, 0.717) is 29.9 Å². The molecule has 0 bridgehead atoms. The molecule has 228 valence electrons. The summed E-state index contributed by atoms with van der Waals surface area (Å²) in [5.41, 5.74) is 4.38. The third-order valence-electron chi connectivity index (χ3n) is 10.1. The van der Waals surface area contributed by atoms with Crippen LogP contribution in [0.2, 0.25) is 0 Å². The molecule has 1 spiro atoms. The Morgan fingerprint density at radius 2 is 1.98 bits per heavy atom. The van der Waals surface area contributed by atoms with Gasteiger partial charge in [0.25, 0.3) is 5.91 Å². The first-order chi connectivity index (χ1) is 21.3. The Morgan fingerprint density at radius 3 is 2.70 bits per heavy atom. The minimum Gasteiger partial charge on any atom is -0.462 e. The maximum atomic E-state index is 16.8. The molecular weight excluding hydrogens is 562 g/mol. The van der Waals surface area contributed by atoms with E-state index in [4.69, 9.17) is 9.72 Å². The quantitative estimate of drug-likeness (QED) is 0.341. The maximum Gasteiger partial charge on any atom is 0.319 e. The van der Waals surface area contributed by atoms with Gasteiger partial charge in [-0.3, -0.25) is 4.79 Å². The summed E-state index contributed by atoms with van der Waals surface area (Å²) in [7, 11) is 2.06. The maximum absolute atomic E-state index is 16.8. The van der Waals surface area contributed by atoms with Gasteiger partial charge in [-0.2, -0.15) is 15.2 Å². The topological polar surface area (TPSA) is 85.6 Å². The Labute approximate surface area is 255 Å². The van der Waals surface area contributed by atoms with Gasteiger partial charge in [-0.1, -0.05) is 30.8 Å². The van der Waals surface area contributed by atoms with Crippen molar-refractivity contribution in [2.45, 2.75) is 62.4 Å². The Bertz CT molecular complexity index is 1700. The summed E-state index contributed by atoms with van der Waals surface area (Å²) < 4.78 is 36.7. The summed E-state index contributed by atoms with van der Waals surface area (Å²) in [6.07, 6.45) is 6.51. The third kappa shape index (κ3) is 4.87. The van der Waals surface area contributed by atoms with Crippen molar-refractivity contribution in [3.8, 4) is 23.2 Å². The number of rotatable bonds is 7. The lowest BCUT2D eigenvalue weighted by Gasteiger charge is -2.41. The largest absolute Gasteiger partial charge is 0.462 e. The van der Waals surface area contributed by atoms with Gasteiger partial charge in [0.2, 0.25) is 0 Å². The summed E-state index contributed by atoms with van der Waals surface area (Å²) in [4.78, 5) is 27.4. The van der Waals surface area contributed by atoms with Crippen molar-refractivity contribution in [2.75, 3.05) is 44.7 Å². The van der Waals surface area contributed by atoms with Gasteiger partial charge < -0.3 is 19.4 Å². The molecule has 3 heterocycles. The molecule has 8 nitrogen and oxygen atoms in total. The number of nitriles is 1. The molecular formula is C34H36F2N6O2. The molecule has 2 aliphatic heterocycles. The van der Waals surface area contributed by atoms with Crippen molar-refractivity contribution in [1.29, 1.82) is 5.26 Å². The van der Waals surface area contributed by atoms with Crippen LogP contribution in [0.4, 0.5) is 14.6 Å². The zero-order valence-corrected chi connectivity index (χ0v) is 25.0. The second-order valence-corrected chi connectivity index (χ2v) is 12.7. The van der Waals surface area contributed by atoms with E-state index >= 15 is 4.39 Å². The second-order valence-electron chi connectivity index (χ2n) is 12.7. The van der Waals surface area contributed by atoms with Crippen LogP contribution in [0.5, 0.6) is 6.01 Å². The highest BCUT2D eigenvalue weighted by molar-refractivity contribution is 5.95. The number of hydrogen-bond donors (Lipinski definition) is 0. The summed E-state index contributed by atoms with van der Waals surface area (Å²) in [6, 6.07) is 11.7. The van der Waals surface area contributed by atoms with Crippen LogP contribution in [0, 0.1) is 17.1 Å². The number of ether oxygens (including phenoxy) is 1. The number of amides is 1. The summed E-state index contributed by atoms with van der Waals surface area (Å²) in [6.45, 7) is 5.24. The predicted octanol–water partition coefficient (Wildman–Crippen LogP) is 5.30. The monoisotopic (exact) mass is 598 g/mol. The number of aryl methyl sites for hydroxylation is 1. The number of fused-ring (bicyclic) bond motifs is 3. The van der Waals surface area contributed by atoms with Gasteiger partial charge in [-0.25, -0.2) is 8.78 Å². The van der Waals surface area contributed by atoms with Crippen LogP contribution < -0.4 is 9.64 Å². The highest BCUT2D eigenvalue weighted by atomic mass is 19.1. The number of nitrogens with zero attached hydrogens (tertiary/aromatic N) is 6. The summed E-state index contributed by atoms with van der Waals surface area (Å²) in [5, 5.41) is 10.0. The number of benzene rings is 2. The number of likely N-dealkylation sites (N-methyl/N-ethyl adjacent to an activating group) is 1. The molecule has 1 amide bonds. The van der Waals surface area contributed by atoms with E-state index in [9.17, 15) is 14.4 Å². The normalized spacial score (nSPS) is 22.3. The molecule has 1 aromatic heterocycles. The van der Waals surface area contributed by atoms with Crippen LogP contribution in [-0.4, -0.2) is 77.6 Å². The molecule has 2 aromatic carbocycles. The van der Waals surface area contributed by atoms with Crippen molar-refractivity contribution >= 4 is 22.6 Å². The van der Waals surface area contributed by atoms with Gasteiger partial charge in [0, 0.05) is 36.6 Å². The fraction of sp³-hybridized carbons (Fsp3) is 0.471. The fourth-order valence-electron chi connectivity index (χ4n) is 7.56. The standard InChI is InChI=1S/C34H36F2N6O2/c1-21(35)32(43)42-18-17-41(19-23(42)11-15-37)31-27-9-8-26(25-7-3-5-22-10-12-34(13-14-34)28(22)25)29(36)30(27)38-33(39-31)44-20-24-6-4-16-40(24)2/h3,5,7-9,23-24H,1,4,6,10-14,16-20H2,2H3/t23-,24-/m0/s1. The number of hydrogen-bond acceptors (Lipinski definition) is 7. The van der Waals surface area contributed by atoms with Crippen molar-refractivity contribution in [1.82, 2.24) is 19.8 Å². The van der Waals surface area contributed by atoms with Crippen molar-refractivity contribution in [2.24, 2.45) is 0 Å². The minimum absolute atomic E-state index is 0.00921. The molecule has 2 atom stereocenters. The molecule has 7 rings (SSSR count). The molecule has 1 saturated carbocycles. The summed E-state index contributed by atoms with van der Waals surface area (Å²) in [5.74, 6) is -1.82. The number of carbonyl (C=O) groups is 1. The lowest BCUT2D eigenvalue weighted by Crippen LogP contribution is -2.55. The molecule has 3 aromatic rings. The summed E-state index contributed by atoms with van der Waals surface area (Å²) >= 11 is 0. The van der Waals surface area contributed by atoms with E-state index in [-0.39, 0.29) is 42.5 Å². The number of anilines is 1. The number of halogens is 2. The number of aromatic nitrogens is 2. The van der Waals surface area contributed by atoms with Gasteiger partial charge >= 0.3 is 6.01 Å². The molecule has 2 aliphatic carbocycles. The second kappa shape index (κ2) is 11.1. The van der Waals surface area contributed by atoms with E-state index in [1.165, 1.54) is 16.0 Å².